The second kappa shape index (κ2) is 8.14. The van der Waals surface area contributed by atoms with E-state index in [0.29, 0.717) is 0 Å². The molecule has 2 N–H and O–H groups in total. The molecule has 0 amide bonds. The van der Waals surface area contributed by atoms with Crippen LogP contribution in [0.15, 0.2) is 48.5 Å². The molecule has 0 aliphatic heterocycles. The van der Waals surface area contributed by atoms with Crippen molar-refractivity contribution in [3.05, 3.63) is 71.3 Å². The molecule has 124 valence electrons. The average Bonchev–Trinajstić information content (AvgIpc) is 2.53. The fraction of sp³-hybridized carbons (Fsp3) is 0.250. The van der Waals surface area contributed by atoms with Crippen molar-refractivity contribution in [2.75, 3.05) is 12.3 Å². The van der Waals surface area contributed by atoms with Crippen molar-refractivity contribution >= 4 is 10.0 Å². The molecule has 0 aromatic heterocycles. The highest BCUT2D eigenvalue weighted by Gasteiger charge is 2.11. The molecule has 0 unspecified atom stereocenters. The molecule has 2 rings (SSSR count). The maximum absolute atomic E-state index is 13.4. The van der Waals surface area contributed by atoms with E-state index in [2.05, 4.69) is 10.0 Å². The van der Waals surface area contributed by atoms with Gasteiger partial charge in [-0.2, -0.15) is 0 Å². The van der Waals surface area contributed by atoms with Gasteiger partial charge in [0.15, 0.2) is 0 Å². The van der Waals surface area contributed by atoms with Crippen LogP contribution in [0.5, 0.6) is 0 Å². The largest absolute Gasteiger partial charge is 0.311 e. The quantitative estimate of drug-likeness (QED) is 0.724. The number of hydrogen-bond acceptors (Lipinski definition) is 3. The van der Waals surface area contributed by atoms with Crippen LogP contribution in [-0.2, 0) is 23.1 Å². The first-order valence-corrected chi connectivity index (χ1v) is 8.78. The summed E-state index contributed by atoms with van der Waals surface area (Å²) < 4.78 is 53.0. The summed E-state index contributed by atoms with van der Waals surface area (Å²) in [6.45, 7) is 0.246. The minimum Gasteiger partial charge on any atom is -0.311 e. The number of nitrogens with one attached hydrogen (secondary N) is 2. The van der Waals surface area contributed by atoms with Crippen LogP contribution in [0.25, 0.3) is 0 Å². The lowest BCUT2D eigenvalue weighted by molar-refractivity contribution is 0.537. The van der Waals surface area contributed by atoms with Gasteiger partial charge in [-0.05, 0) is 17.7 Å². The second-order valence-corrected chi connectivity index (χ2v) is 6.93. The van der Waals surface area contributed by atoms with Crippen LogP contribution in [0.3, 0.4) is 0 Å². The van der Waals surface area contributed by atoms with Crippen LogP contribution in [0.1, 0.15) is 11.1 Å². The van der Waals surface area contributed by atoms with Crippen molar-refractivity contribution in [1.82, 2.24) is 10.0 Å². The summed E-state index contributed by atoms with van der Waals surface area (Å²) in [5.74, 6) is -1.47. The molecule has 7 heteroatoms. The molecule has 0 heterocycles. The van der Waals surface area contributed by atoms with Gasteiger partial charge in [0.1, 0.15) is 11.6 Å². The lowest BCUT2D eigenvalue weighted by atomic mass is 10.2. The van der Waals surface area contributed by atoms with E-state index in [-0.39, 0.29) is 31.0 Å². The molecular formula is C16H18F2N2O2S. The number of halogens is 2. The minimum absolute atomic E-state index is 0.0628. The predicted octanol–water partition coefficient (Wildman–Crippen LogP) is 2.17. The summed E-state index contributed by atoms with van der Waals surface area (Å²) >= 11 is 0. The third kappa shape index (κ3) is 5.70. The Bertz CT molecular complexity index is 717. The normalized spacial score (nSPS) is 11.6. The zero-order valence-electron chi connectivity index (χ0n) is 12.4. The standard InChI is InChI=1S/C16H18F2N2O2S/c17-15-7-4-8-16(18)14(15)12-19-9-10-23(21,22)20-11-13-5-2-1-3-6-13/h1-8,19-20H,9-12H2. The number of sulfonamides is 1. The van der Waals surface area contributed by atoms with E-state index in [0.717, 1.165) is 17.7 Å². The van der Waals surface area contributed by atoms with Crippen LogP contribution in [0, 0.1) is 11.6 Å². The Morgan fingerprint density at radius 1 is 0.870 bits per heavy atom. The van der Waals surface area contributed by atoms with E-state index in [9.17, 15) is 17.2 Å². The van der Waals surface area contributed by atoms with E-state index in [1.807, 2.05) is 30.3 Å². The van der Waals surface area contributed by atoms with Gasteiger partial charge < -0.3 is 5.32 Å². The first kappa shape index (κ1) is 17.5. The molecule has 23 heavy (non-hydrogen) atoms. The van der Waals surface area contributed by atoms with Crippen molar-refractivity contribution in [1.29, 1.82) is 0 Å². The van der Waals surface area contributed by atoms with E-state index in [1.165, 1.54) is 6.07 Å². The molecule has 0 radical (unpaired) electrons. The summed E-state index contributed by atoms with van der Waals surface area (Å²) in [7, 11) is -3.45. The summed E-state index contributed by atoms with van der Waals surface area (Å²) in [5.41, 5.74) is 0.764. The van der Waals surface area contributed by atoms with E-state index >= 15 is 0 Å². The van der Waals surface area contributed by atoms with E-state index < -0.39 is 21.7 Å². The van der Waals surface area contributed by atoms with Gasteiger partial charge in [0.25, 0.3) is 0 Å². The zero-order valence-corrected chi connectivity index (χ0v) is 13.2. The fourth-order valence-electron chi connectivity index (χ4n) is 1.98. The molecule has 0 bridgehead atoms. The van der Waals surface area contributed by atoms with Gasteiger partial charge in [-0.3, -0.25) is 0 Å². The molecule has 0 saturated carbocycles. The summed E-state index contributed by atoms with van der Waals surface area (Å²) in [6, 6.07) is 12.8. The zero-order chi connectivity index (χ0) is 16.7. The highest BCUT2D eigenvalue weighted by molar-refractivity contribution is 7.89. The van der Waals surface area contributed by atoms with Gasteiger partial charge >= 0.3 is 0 Å². The van der Waals surface area contributed by atoms with Crippen LogP contribution in [-0.4, -0.2) is 20.7 Å². The van der Waals surface area contributed by atoms with Crippen LogP contribution < -0.4 is 10.0 Å². The molecule has 2 aromatic rings. The molecule has 0 fully saturated rings. The van der Waals surface area contributed by atoms with Gasteiger partial charge in [-0.1, -0.05) is 36.4 Å². The minimum atomic E-state index is -3.45. The molecular weight excluding hydrogens is 322 g/mol. The van der Waals surface area contributed by atoms with Gasteiger partial charge in [0.05, 0.1) is 5.75 Å². The van der Waals surface area contributed by atoms with Gasteiger partial charge in [0.2, 0.25) is 10.0 Å². The molecule has 4 nitrogen and oxygen atoms in total. The fourth-order valence-corrected chi connectivity index (χ4v) is 2.93. The van der Waals surface area contributed by atoms with Crippen molar-refractivity contribution in [3.8, 4) is 0 Å². The highest BCUT2D eigenvalue weighted by atomic mass is 32.2. The second-order valence-electron chi connectivity index (χ2n) is 5.00. The van der Waals surface area contributed by atoms with Crippen molar-refractivity contribution in [2.45, 2.75) is 13.1 Å². The van der Waals surface area contributed by atoms with Crippen molar-refractivity contribution in [3.63, 3.8) is 0 Å². The molecule has 2 aromatic carbocycles. The molecule has 0 atom stereocenters. The summed E-state index contributed by atoms with van der Waals surface area (Å²) in [6.07, 6.45) is 0. The first-order valence-electron chi connectivity index (χ1n) is 7.13. The van der Waals surface area contributed by atoms with E-state index in [1.54, 1.807) is 0 Å². The van der Waals surface area contributed by atoms with Gasteiger partial charge in [-0.25, -0.2) is 21.9 Å². The molecule has 0 saturated heterocycles. The Balaban J connectivity index is 1.77. The number of hydrogen-bond donors (Lipinski definition) is 2. The number of rotatable bonds is 8. The monoisotopic (exact) mass is 340 g/mol. The maximum atomic E-state index is 13.4. The van der Waals surface area contributed by atoms with Gasteiger partial charge in [0, 0.05) is 25.2 Å². The van der Waals surface area contributed by atoms with Crippen molar-refractivity contribution < 1.29 is 17.2 Å². The predicted molar refractivity (Wildman–Crippen MR) is 85.1 cm³/mol. The Labute approximate surface area is 134 Å². The van der Waals surface area contributed by atoms with Gasteiger partial charge in [-0.15, -0.1) is 0 Å². The lowest BCUT2D eigenvalue weighted by Gasteiger charge is -2.09. The Morgan fingerprint density at radius 2 is 1.52 bits per heavy atom. The SMILES string of the molecule is O=S(=O)(CCNCc1c(F)cccc1F)NCc1ccccc1. The third-order valence-corrected chi connectivity index (χ3v) is 4.58. The molecule has 0 aliphatic rings. The third-order valence-electron chi connectivity index (χ3n) is 3.25. The van der Waals surface area contributed by atoms with E-state index in [4.69, 9.17) is 0 Å². The highest BCUT2D eigenvalue weighted by Crippen LogP contribution is 2.11. The Morgan fingerprint density at radius 3 is 2.17 bits per heavy atom. The summed E-state index contributed by atoms with van der Waals surface area (Å²) in [5, 5.41) is 2.74. The number of benzene rings is 2. The topological polar surface area (TPSA) is 58.2 Å². The van der Waals surface area contributed by atoms with Crippen molar-refractivity contribution in [2.24, 2.45) is 0 Å². The maximum Gasteiger partial charge on any atom is 0.213 e. The Kier molecular flexibility index (Phi) is 6.20. The van der Waals surface area contributed by atoms with Crippen LogP contribution in [0.2, 0.25) is 0 Å². The molecule has 0 aliphatic carbocycles. The average molecular weight is 340 g/mol. The molecule has 0 spiro atoms. The Hall–Kier alpha value is -1.83. The smallest absolute Gasteiger partial charge is 0.213 e. The first-order chi connectivity index (χ1) is 11.0. The van der Waals surface area contributed by atoms with Crippen LogP contribution >= 0.6 is 0 Å². The summed E-state index contributed by atoms with van der Waals surface area (Å²) in [4.78, 5) is 0. The lowest BCUT2D eigenvalue weighted by Crippen LogP contribution is -2.31. The van der Waals surface area contributed by atoms with Crippen LogP contribution in [0.4, 0.5) is 8.78 Å².